The Balaban J connectivity index is 2.04. The topological polar surface area (TPSA) is 41.3 Å². The Kier molecular flexibility index (Phi) is 3.61. The summed E-state index contributed by atoms with van der Waals surface area (Å²) < 4.78 is 1.89. The molecule has 1 aromatic rings. The maximum Gasteiger partial charge on any atom is 0.0666 e. The van der Waals surface area contributed by atoms with Gasteiger partial charge in [-0.25, -0.2) is 0 Å². The molecule has 0 amide bonds. The summed E-state index contributed by atoms with van der Waals surface area (Å²) in [6.07, 6.45) is 5.64. The summed E-state index contributed by atoms with van der Waals surface area (Å²) in [5.41, 5.74) is 2.50. The largest absolute Gasteiger partial charge is 0.395 e. The summed E-state index contributed by atoms with van der Waals surface area (Å²) in [5, 5.41) is 13.5. The molecule has 0 saturated heterocycles. The molecule has 16 heavy (non-hydrogen) atoms. The number of aryl methyl sites for hydroxylation is 2. The molecule has 0 unspecified atom stereocenters. The molecule has 1 aliphatic carbocycles. The number of hydrogen-bond donors (Lipinski definition) is 1. The fourth-order valence-corrected chi connectivity index (χ4v) is 2.19. The highest BCUT2D eigenvalue weighted by Crippen LogP contribution is 2.28. The van der Waals surface area contributed by atoms with Crippen molar-refractivity contribution in [2.75, 3.05) is 13.2 Å². The van der Waals surface area contributed by atoms with Gasteiger partial charge in [0.1, 0.15) is 0 Å². The van der Waals surface area contributed by atoms with Gasteiger partial charge in [0.25, 0.3) is 0 Å². The van der Waals surface area contributed by atoms with Crippen LogP contribution in [0, 0.1) is 0 Å². The first-order valence-corrected chi connectivity index (χ1v) is 6.11. The highest BCUT2D eigenvalue weighted by Gasteiger charge is 2.29. The zero-order valence-electron chi connectivity index (χ0n) is 10.2. The summed E-state index contributed by atoms with van der Waals surface area (Å²) >= 11 is 0. The van der Waals surface area contributed by atoms with E-state index in [2.05, 4.69) is 23.1 Å². The summed E-state index contributed by atoms with van der Waals surface area (Å²) in [5.74, 6) is 0. The van der Waals surface area contributed by atoms with Crippen molar-refractivity contribution in [2.45, 2.75) is 38.8 Å². The molecule has 2 rings (SSSR count). The molecule has 1 fully saturated rings. The predicted octanol–water partition coefficient (Wildman–Crippen LogP) is 0.939. The zero-order valence-corrected chi connectivity index (χ0v) is 10.2. The summed E-state index contributed by atoms with van der Waals surface area (Å²) in [4.78, 5) is 2.37. The van der Waals surface area contributed by atoms with Crippen LogP contribution in [0.2, 0.25) is 0 Å². The number of aromatic nitrogens is 2. The van der Waals surface area contributed by atoms with Crippen molar-refractivity contribution in [3.05, 3.63) is 17.5 Å². The van der Waals surface area contributed by atoms with Crippen LogP contribution in [-0.4, -0.2) is 39.0 Å². The minimum absolute atomic E-state index is 0.248. The Morgan fingerprint density at radius 3 is 2.88 bits per heavy atom. The molecular weight excluding hydrogens is 202 g/mol. The Bertz CT molecular complexity index is 344. The Labute approximate surface area is 96.9 Å². The molecule has 1 heterocycles. The van der Waals surface area contributed by atoms with Crippen molar-refractivity contribution in [3.8, 4) is 0 Å². The molecule has 0 radical (unpaired) electrons. The maximum atomic E-state index is 9.06. The van der Waals surface area contributed by atoms with Crippen molar-refractivity contribution in [3.63, 3.8) is 0 Å². The zero-order chi connectivity index (χ0) is 11.5. The first-order valence-electron chi connectivity index (χ1n) is 6.11. The third kappa shape index (κ3) is 2.62. The first kappa shape index (κ1) is 11.6. The van der Waals surface area contributed by atoms with Crippen LogP contribution in [0.25, 0.3) is 0 Å². The van der Waals surface area contributed by atoms with E-state index in [0.29, 0.717) is 6.04 Å². The molecule has 1 aromatic heterocycles. The standard InChI is InChI=1S/C12H21N3O/c1-3-12-10(8-14(2)13-12)9-15(6-7-16)11-4-5-11/h8,11,16H,3-7,9H2,1-2H3. The third-order valence-electron chi connectivity index (χ3n) is 3.15. The van der Waals surface area contributed by atoms with Crippen LogP contribution in [0.5, 0.6) is 0 Å². The molecule has 0 bridgehead atoms. The first-order chi connectivity index (χ1) is 7.74. The number of nitrogens with zero attached hydrogens (tertiary/aromatic N) is 3. The molecular formula is C12H21N3O. The molecule has 4 nitrogen and oxygen atoms in total. The van der Waals surface area contributed by atoms with E-state index in [1.54, 1.807) is 0 Å². The van der Waals surface area contributed by atoms with E-state index < -0.39 is 0 Å². The summed E-state index contributed by atoms with van der Waals surface area (Å²) in [7, 11) is 1.97. The van der Waals surface area contributed by atoms with Gasteiger partial charge in [0.15, 0.2) is 0 Å². The number of aliphatic hydroxyl groups excluding tert-OH is 1. The molecule has 1 N–H and O–H groups in total. The van der Waals surface area contributed by atoms with Gasteiger partial charge in [0.05, 0.1) is 12.3 Å². The second-order valence-corrected chi connectivity index (χ2v) is 4.55. The van der Waals surface area contributed by atoms with Crippen LogP contribution in [-0.2, 0) is 20.0 Å². The van der Waals surface area contributed by atoms with Gasteiger partial charge in [0.2, 0.25) is 0 Å². The lowest BCUT2D eigenvalue weighted by molar-refractivity contribution is 0.183. The van der Waals surface area contributed by atoms with E-state index in [1.807, 2.05) is 11.7 Å². The van der Waals surface area contributed by atoms with Crippen LogP contribution in [0.1, 0.15) is 31.0 Å². The van der Waals surface area contributed by atoms with Gasteiger partial charge in [-0.3, -0.25) is 9.58 Å². The molecule has 4 heteroatoms. The van der Waals surface area contributed by atoms with E-state index >= 15 is 0 Å². The number of rotatable bonds is 6. The smallest absolute Gasteiger partial charge is 0.0666 e. The average molecular weight is 223 g/mol. The lowest BCUT2D eigenvalue weighted by Gasteiger charge is -2.20. The third-order valence-corrected chi connectivity index (χ3v) is 3.15. The monoisotopic (exact) mass is 223 g/mol. The van der Waals surface area contributed by atoms with Crippen LogP contribution in [0.15, 0.2) is 6.20 Å². The minimum Gasteiger partial charge on any atom is -0.395 e. The van der Waals surface area contributed by atoms with Crippen LogP contribution in [0.3, 0.4) is 0 Å². The highest BCUT2D eigenvalue weighted by molar-refractivity contribution is 5.17. The van der Waals surface area contributed by atoms with Crippen LogP contribution in [0.4, 0.5) is 0 Å². The highest BCUT2D eigenvalue weighted by atomic mass is 16.3. The maximum absolute atomic E-state index is 9.06. The van der Waals surface area contributed by atoms with Crippen LogP contribution >= 0.6 is 0 Å². The number of aliphatic hydroxyl groups is 1. The van der Waals surface area contributed by atoms with Gasteiger partial charge in [-0.15, -0.1) is 0 Å². The van der Waals surface area contributed by atoms with E-state index in [0.717, 1.165) is 19.5 Å². The van der Waals surface area contributed by atoms with E-state index in [4.69, 9.17) is 5.11 Å². The fourth-order valence-electron chi connectivity index (χ4n) is 2.19. The van der Waals surface area contributed by atoms with Crippen molar-refractivity contribution >= 4 is 0 Å². The quantitative estimate of drug-likeness (QED) is 0.780. The molecule has 1 saturated carbocycles. The Morgan fingerprint density at radius 1 is 1.56 bits per heavy atom. The van der Waals surface area contributed by atoms with Gasteiger partial charge >= 0.3 is 0 Å². The molecule has 0 spiro atoms. The lowest BCUT2D eigenvalue weighted by Crippen LogP contribution is -2.28. The summed E-state index contributed by atoms with van der Waals surface area (Å²) in [6.45, 7) is 4.10. The van der Waals surface area contributed by atoms with Crippen molar-refractivity contribution in [1.29, 1.82) is 0 Å². The van der Waals surface area contributed by atoms with Gasteiger partial charge < -0.3 is 5.11 Å². The van der Waals surface area contributed by atoms with Crippen molar-refractivity contribution in [1.82, 2.24) is 14.7 Å². The van der Waals surface area contributed by atoms with Crippen LogP contribution < -0.4 is 0 Å². The van der Waals surface area contributed by atoms with E-state index in [1.165, 1.54) is 24.1 Å². The number of hydrogen-bond acceptors (Lipinski definition) is 3. The Hall–Kier alpha value is -0.870. The SMILES string of the molecule is CCc1nn(C)cc1CN(CCO)C1CC1. The summed E-state index contributed by atoms with van der Waals surface area (Å²) in [6, 6.07) is 0.692. The average Bonchev–Trinajstić information content (AvgIpc) is 3.03. The lowest BCUT2D eigenvalue weighted by atomic mass is 10.2. The normalized spacial score (nSPS) is 16.0. The van der Waals surface area contributed by atoms with Gasteiger partial charge in [-0.1, -0.05) is 6.92 Å². The molecule has 0 aliphatic heterocycles. The molecule has 90 valence electrons. The van der Waals surface area contributed by atoms with E-state index in [-0.39, 0.29) is 6.61 Å². The molecule has 0 aromatic carbocycles. The second-order valence-electron chi connectivity index (χ2n) is 4.55. The second kappa shape index (κ2) is 4.97. The molecule has 0 atom stereocenters. The molecule has 1 aliphatic rings. The van der Waals surface area contributed by atoms with Gasteiger partial charge in [0, 0.05) is 37.9 Å². The predicted molar refractivity (Wildman–Crippen MR) is 63.1 cm³/mol. The van der Waals surface area contributed by atoms with Gasteiger partial charge in [-0.2, -0.15) is 5.10 Å². The minimum atomic E-state index is 0.248. The van der Waals surface area contributed by atoms with Crippen molar-refractivity contribution in [2.24, 2.45) is 7.05 Å². The van der Waals surface area contributed by atoms with E-state index in [9.17, 15) is 0 Å². The van der Waals surface area contributed by atoms with Gasteiger partial charge in [-0.05, 0) is 19.3 Å². The van der Waals surface area contributed by atoms with Crippen molar-refractivity contribution < 1.29 is 5.11 Å². The Morgan fingerprint density at radius 2 is 2.31 bits per heavy atom. The fraction of sp³-hybridized carbons (Fsp3) is 0.750.